The Morgan fingerprint density at radius 1 is 1.13 bits per heavy atom. The molecular weight excluding hydrogens is 310 g/mol. The first-order chi connectivity index (χ1) is 10.8. The van der Waals surface area contributed by atoms with Crippen LogP contribution in [0.4, 0.5) is 0 Å². The van der Waals surface area contributed by atoms with Gasteiger partial charge in [-0.05, 0) is 43.5 Å². The zero-order chi connectivity index (χ0) is 17.2. The Bertz CT molecular complexity index is 655. The van der Waals surface area contributed by atoms with Gasteiger partial charge in [-0.1, -0.05) is 42.3 Å². The van der Waals surface area contributed by atoms with E-state index >= 15 is 0 Å². The molecule has 0 radical (unpaired) electrons. The average Bonchev–Trinajstić information content (AvgIpc) is 2.38. The summed E-state index contributed by atoms with van der Waals surface area (Å²) in [5.41, 5.74) is 2.28. The molecule has 0 saturated heterocycles. The molecule has 122 valence electrons. The molecule has 0 bridgehead atoms. The summed E-state index contributed by atoms with van der Waals surface area (Å²) in [5.74, 6) is -0.546. The second kappa shape index (κ2) is 6.71. The lowest BCUT2D eigenvalue weighted by Gasteiger charge is -2.47. The molecule has 4 heteroatoms. The number of benzene rings is 1. The quantitative estimate of drug-likeness (QED) is 0.755. The Kier molecular flexibility index (Phi) is 5.10. The maximum absolute atomic E-state index is 12.1. The van der Waals surface area contributed by atoms with E-state index in [2.05, 4.69) is 6.58 Å². The van der Waals surface area contributed by atoms with Crippen molar-refractivity contribution in [3.63, 3.8) is 0 Å². The summed E-state index contributed by atoms with van der Waals surface area (Å²) in [5, 5.41) is 0.670. The lowest BCUT2D eigenvalue weighted by molar-refractivity contribution is -0.140. The highest BCUT2D eigenvalue weighted by atomic mass is 35.5. The zero-order valence-corrected chi connectivity index (χ0v) is 14.6. The van der Waals surface area contributed by atoms with E-state index < -0.39 is 0 Å². The van der Waals surface area contributed by atoms with E-state index in [1.165, 1.54) is 18.7 Å². The zero-order valence-electron chi connectivity index (χ0n) is 13.9. The second-order valence-corrected chi connectivity index (χ2v) is 6.63. The highest BCUT2D eigenvalue weighted by Crippen LogP contribution is 2.50. The van der Waals surface area contributed by atoms with E-state index in [1.54, 1.807) is 0 Å². The van der Waals surface area contributed by atoms with Gasteiger partial charge in [0.1, 0.15) is 0 Å². The molecule has 1 fully saturated rings. The van der Waals surface area contributed by atoms with Gasteiger partial charge in [0.25, 0.3) is 0 Å². The number of allylic oxidation sites excluding steroid dienone is 3. The van der Waals surface area contributed by atoms with Gasteiger partial charge in [-0.25, -0.2) is 0 Å². The minimum Gasteiger partial charge on any atom is -0.274 e. The van der Waals surface area contributed by atoms with Crippen molar-refractivity contribution >= 4 is 23.4 Å². The summed E-state index contributed by atoms with van der Waals surface area (Å²) in [4.78, 5) is 25.5. The van der Waals surface area contributed by atoms with Gasteiger partial charge < -0.3 is 0 Å². The molecule has 1 saturated carbocycles. The standard InChI is InChI=1S/C19H22ClNO2/c1-13(2)12-18(21(14(3)22)15(4)23)19(10-5-11-19)16-6-8-17(20)9-7-16/h6-9,12H,1,5,10-11H2,2-4H3/b18-12-. The Labute approximate surface area is 142 Å². The summed E-state index contributed by atoms with van der Waals surface area (Å²) < 4.78 is 0. The maximum atomic E-state index is 12.1. The van der Waals surface area contributed by atoms with Crippen molar-refractivity contribution in [3.05, 3.63) is 58.8 Å². The molecule has 0 unspecified atom stereocenters. The van der Waals surface area contributed by atoms with Crippen molar-refractivity contribution in [2.24, 2.45) is 0 Å². The van der Waals surface area contributed by atoms with Gasteiger partial charge in [0.2, 0.25) is 11.8 Å². The summed E-state index contributed by atoms with van der Waals surface area (Å²) >= 11 is 6.00. The Morgan fingerprint density at radius 2 is 1.65 bits per heavy atom. The topological polar surface area (TPSA) is 37.4 Å². The minimum atomic E-state index is -0.332. The van der Waals surface area contributed by atoms with Crippen LogP contribution in [0, 0.1) is 0 Å². The van der Waals surface area contributed by atoms with Crippen LogP contribution in [-0.4, -0.2) is 16.7 Å². The van der Waals surface area contributed by atoms with Gasteiger partial charge in [-0.15, -0.1) is 0 Å². The van der Waals surface area contributed by atoms with Crippen molar-refractivity contribution < 1.29 is 9.59 Å². The summed E-state index contributed by atoms with van der Waals surface area (Å²) in [6.45, 7) is 8.63. The number of hydrogen-bond donors (Lipinski definition) is 0. The van der Waals surface area contributed by atoms with Crippen LogP contribution in [-0.2, 0) is 15.0 Å². The molecule has 2 rings (SSSR count). The smallest absolute Gasteiger partial charge is 0.230 e. The van der Waals surface area contributed by atoms with Crippen LogP contribution in [0.15, 0.2) is 48.2 Å². The lowest BCUT2D eigenvalue weighted by atomic mass is 9.61. The fraction of sp³-hybridized carbons (Fsp3) is 0.368. The van der Waals surface area contributed by atoms with E-state index in [1.807, 2.05) is 37.3 Å². The fourth-order valence-electron chi connectivity index (χ4n) is 3.20. The Hall–Kier alpha value is -1.87. The molecule has 0 spiro atoms. The monoisotopic (exact) mass is 331 g/mol. The largest absolute Gasteiger partial charge is 0.274 e. The van der Waals surface area contributed by atoms with Crippen LogP contribution in [0.25, 0.3) is 0 Å². The third-order valence-corrected chi connectivity index (χ3v) is 4.60. The fourth-order valence-corrected chi connectivity index (χ4v) is 3.33. The average molecular weight is 332 g/mol. The number of rotatable bonds is 4. The summed E-state index contributed by atoms with van der Waals surface area (Å²) in [6, 6.07) is 7.65. The van der Waals surface area contributed by atoms with Crippen molar-refractivity contribution in [1.29, 1.82) is 0 Å². The van der Waals surface area contributed by atoms with Gasteiger partial charge in [-0.2, -0.15) is 0 Å². The molecule has 0 atom stereocenters. The molecule has 1 aromatic carbocycles. The van der Waals surface area contributed by atoms with Crippen LogP contribution in [0.2, 0.25) is 5.02 Å². The second-order valence-electron chi connectivity index (χ2n) is 6.19. The number of imide groups is 1. The van der Waals surface area contributed by atoms with Crippen LogP contribution < -0.4 is 0 Å². The van der Waals surface area contributed by atoms with Gasteiger partial charge in [-0.3, -0.25) is 14.5 Å². The number of nitrogens with zero attached hydrogens (tertiary/aromatic N) is 1. The molecule has 0 aromatic heterocycles. The SMILES string of the molecule is C=C(C)/C=C(\N(C(C)=O)C(C)=O)C1(c2ccc(Cl)cc2)CCC1. The van der Waals surface area contributed by atoms with Crippen molar-refractivity contribution in [2.75, 3.05) is 0 Å². The molecule has 0 heterocycles. The maximum Gasteiger partial charge on any atom is 0.230 e. The number of halogens is 1. The van der Waals surface area contributed by atoms with E-state index in [9.17, 15) is 9.59 Å². The first kappa shape index (κ1) is 17.5. The minimum absolute atomic E-state index is 0.273. The summed E-state index contributed by atoms with van der Waals surface area (Å²) in [7, 11) is 0. The normalized spacial score (nSPS) is 16.4. The molecule has 23 heavy (non-hydrogen) atoms. The first-order valence-electron chi connectivity index (χ1n) is 7.73. The van der Waals surface area contributed by atoms with Crippen molar-refractivity contribution in [1.82, 2.24) is 4.90 Å². The number of amides is 2. The van der Waals surface area contributed by atoms with E-state index in [4.69, 9.17) is 11.6 Å². The van der Waals surface area contributed by atoms with Gasteiger partial charge in [0, 0.05) is 30.0 Å². The highest BCUT2D eigenvalue weighted by molar-refractivity contribution is 6.30. The third-order valence-electron chi connectivity index (χ3n) is 4.35. The van der Waals surface area contributed by atoms with Crippen LogP contribution in [0.5, 0.6) is 0 Å². The van der Waals surface area contributed by atoms with Crippen molar-refractivity contribution in [3.8, 4) is 0 Å². The van der Waals surface area contributed by atoms with Gasteiger partial charge >= 0.3 is 0 Å². The van der Waals surface area contributed by atoms with Gasteiger partial charge in [0.05, 0.1) is 0 Å². The predicted octanol–water partition coefficient (Wildman–Crippen LogP) is 4.62. The molecular formula is C19H22ClNO2. The molecule has 1 aliphatic rings. The first-order valence-corrected chi connectivity index (χ1v) is 8.11. The van der Waals surface area contributed by atoms with Crippen LogP contribution in [0.3, 0.4) is 0 Å². The third kappa shape index (κ3) is 3.40. The molecule has 0 aliphatic heterocycles. The van der Waals surface area contributed by atoms with Crippen molar-refractivity contribution in [2.45, 2.75) is 45.4 Å². The van der Waals surface area contributed by atoms with E-state index in [0.717, 1.165) is 36.1 Å². The number of hydrogen-bond acceptors (Lipinski definition) is 2. The summed E-state index contributed by atoms with van der Waals surface area (Å²) in [6.07, 6.45) is 4.70. The number of carbonyl (C=O) groups excluding carboxylic acids is 2. The Balaban J connectivity index is 2.60. The van der Waals surface area contributed by atoms with Crippen LogP contribution in [0.1, 0.15) is 45.6 Å². The van der Waals surface area contributed by atoms with Gasteiger partial charge in [0.15, 0.2) is 0 Å². The molecule has 0 N–H and O–H groups in total. The number of carbonyl (C=O) groups is 2. The van der Waals surface area contributed by atoms with E-state index in [-0.39, 0.29) is 17.2 Å². The Morgan fingerprint density at radius 3 is 2.00 bits per heavy atom. The highest BCUT2D eigenvalue weighted by Gasteiger charge is 2.45. The van der Waals surface area contributed by atoms with E-state index in [0.29, 0.717) is 5.02 Å². The lowest BCUT2D eigenvalue weighted by Crippen LogP contribution is -2.47. The van der Waals surface area contributed by atoms with Crippen LogP contribution >= 0.6 is 11.6 Å². The molecule has 1 aliphatic carbocycles. The molecule has 3 nitrogen and oxygen atoms in total. The predicted molar refractivity (Wildman–Crippen MR) is 93.1 cm³/mol. The molecule has 2 amide bonds. The molecule has 1 aromatic rings.